The predicted octanol–water partition coefficient (Wildman–Crippen LogP) is 4.23. The van der Waals surface area contributed by atoms with Gasteiger partial charge in [0.15, 0.2) is 0 Å². The van der Waals surface area contributed by atoms with Crippen molar-refractivity contribution in [3.05, 3.63) is 27.3 Å². The molecule has 0 unspecified atom stereocenters. The number of benzene rings is 1. The Kier molecular flexibility index (Phi) is 4.71. The Bertz CT molecular complexity index is 553. The van der Waals surface area contributed by atoms with Crippen LogP contribution in [0.3, 0.4) is 0 Å². The molecular weight excluding hydrogens is 302 g/mol. The maximum Gasteiger partial charge on any atom is 0.311 e. The molecule has 2 fully saturated rings. The second-order valence-electron chi connectivity index (χ2n) is 6.15. The van der Waals surface area contributed by atoms with Gasteiger partial charge < -0.3 is 9.80 Å². The largest absolute Gasteiger partial charge is 0.371 e. The normalized spacial score (nSPS) is 19.3. The van der Waals surface area contributed by atoms with Crippen molar-refractivity contribution in [3.63, 3.8) is 0 Å². The van der Waals surface area contributed by atoms with E-state index in [1.165, 1.54) is 25.7 Å². The molecule has 120 valence electrons. The molecule has 0 N–H and O–H groups in total. The van der Waals surface area contributed by atoms with Crippen LogP contribution in [0.1, 0.15) is 38.5 Å². The van der Waals surface area contributed by atoms with Gasteiger partial charge in [-0.1, -0.05) is 11.6 Å². The first-order valence-electron chi connectivity index (χ1n) is 8.14. The molecule has 0 spiro atoms. The number of rotatable bonds is 3. The summed E-state index contributed by atoms with van der Waals surface area (Å²) in [5.41, 5.74) is 1.78. The number of anilines is 2. The van der Waals surface area contributed by atoms with Crippen molar-refractivity contribution >= 4 is 28.7 Å². The van der Waals surface area contributed by atoms with Gasteiger partial charge >= 0.3 is 5.69 Å². The Hall–Kier alpha value is -1.49. The molecule has 1 aromatic carbocycles. The summed E-state index contributed by atoms with van der Waals surface area (Å²) in [5.74, 6) is 0. The number of halogens is 1. The van der Waals surface area contributed by atoms with Crippen LogP contribution in [-0.2, 0) is 0 Å². The van der Waals surface area contributed by atoms with Gasteiger partial charge in [-0.15, -0.1) is 0 Å². The molecule has 0 saturated carbocycles. The molecule has 2 aliphatic heterocycles. The van der Waals surface area contributed by atoms with E-state index in [-0.39, 0.29) is 15.6 Å². The summed E-state index contributed by atoms with van der Waals surface area (Å²) < 4.78 is 0. The van der Waals surface area contributed by atoms with Gasteiger partial charge in [0.2, 0.25) is 0 Å². The minimum Gasteiger partial charge on any atom is -0.371 e. The minimum absolute atomic E-state index is 0.0596. The van der Waals surface area contributed by atoms with Crippen LogP contribution in [0.15, 0.2) is 12.1 Å². The Morgan fingerprint density at radius 1 is 0.909 bits per heavy atom. The Balaban J connectivity index is 1.99. The topological polar surface area (TPSA) is 49.6 Å². The van der Waals surface area contributed by atoms with Crippen LogP contribution in [0.2, 0.25) is 5.02 Å². The molecule has 0 atom stereocenters. The van der Waals surface area contributed by atoms with Gasteiger partial charge in [-0.05, 0) is 50.7 Å². The van der Waals surface area contributed by atoms with Crippen LogP contribution >= 0.6 is 11.6 Å². The highest BCUT2D eigenvalue weighted by atomic mass is 35.5. The van der Waals surface area contributed by atoms with E-state index in [2.05, 4.69) is 9.80 Å². The smallest absolute Gasteiger partial charge is 0.311 e. The number of nitro groups is 1. The molecule has 22 heavy (non-hydrogen) atoms. The zero-order chi connectivity index (χ0) is 15.5. The second-order valence-corrected chi connectivity index (χ2v) is 6.56. The van der Waals surface area contributed by atoms with Crippen LogP contribution in [0.4, 0.5) is 17.1 Å². The van der Waals surface area contributed by atoms with Crippen molar-refractivity contribution < 1.29 is 4.92 Å². The Labute approximate surface area is 136 Å². The fourth-order valence-corrected chi connectivity index (χ4v) is 3.74. The van der Waals surface area contributed by atoms with E-state index >= 15 is 0 Å². The molecule has 3 rings (SSSR count). The third-order valence-electron chi connectivity index (χ3n) is 4.63. The van der Waals surface area contributed by atoms with Gasteiger partial charge in [-0.25, -0.2) is 0 Å². The van der Waals surface area contributed by atoms with E-state index in [0.717, 1.165) is 44.7 Å². The third kappa shape index (κ3) is 3.14. The van der Waals surface area contributed by atoms with E-state index in [4.69, 9.17) is 11.6 Å². The highest BCUT2D eigenvalue weighted by Gasteiger charge is 2.27. The maximum absolute atomic E-state index is 11.5. The lowest BCUT2D eigenvalue weighted by Crippen LogP contribution is -2.32. The van der Waals surface area contributed by atoms with Crippen molar-refractivity contribution in [2.75, 3.05) is 36.0 Å². The highest BCUT2D eigenvalue weighted by Crippen LogP contribution is 2.40. The molecule has 0 aromatic heterocycles. The van der Waals surface area contributed by atoms with Crippen molar-refractivity contribution in [2.24, 2.45) is 0 Å². The molecule has 0 bridgehead atoms. The van der Waals surface area contributed by atoms with Gasteiger partial charge in [0.25, 0.3) is 0 Å². The van der Waals surface area contributed by atoms with Crippen molar-refractivity contribution in [1.29, 1.82) is 0 Å². The summed E-state index contributed by atoms with van der Waals surface area (Å²) in [6.45, 7) is 3.77. The molecule has 6 heteroatoms. The summed E-state index contributed by atoms with van der Waals surface area (Å²) in [6, 6.07) is 3.74. The summed E-state index contributed by atoms with van der Waals surface area (Å²) >= 11 is 6.27. The first-order valence-corrected chi connectivity index (χ1v) is 8.52. The molecule has 2 heterocycles. The summed E-state index contributed by atoms with van der Waals surface area (Å²) in [7, 11) is 0. The van der Waals surface area contributed by atoms with Gasteiger partial charge in [-0.2, -0.15) is 0 Å². The number of piperidine rings is 2. The maximum atomic E-state index is 11.5. The lowest BCUT2D eigenvalue weighted by Gasteiger charge is -2.32. The molecule has 0 radical (unpaired) electrons. The van der Waals surface area contributed by atoms with E-state index < -0.39 is 0 Å². The Morgan fingerprint density at radius 2 is 1.45 bits per heavy atom. The SMILES string of the molecule is O=[N+]([O-])c1c(Cl)cc(N2CCCCC2)cc1N1CCCCC1. The lowest BCUT2D eigenvalue weighted by molar-refractivity contribution is -0.384. The molecular formula is C16H22ClN3O2. The average molecular weight is 324 g/mol. The zero-order valence-corrected chi connectivity index (χ0v) is 13.5. The quantitative estimate of drug-likeness (QED) is 0.617. The monoisotopic (exact) mass is 323 g/mol. The summed E-state index contributed by atoms with van der Waals surface area (Å²) in [5, 5.41) is 11.7. The third-order valence-corrected chi connectivity index (χ3v) is 4.92. The molecule has 5 nitrogen and oxygen atoms in total. The van der Waals surface area contributed by atoms with Crippen LogP contribution in [0.25, 0.3) is 0 Å². The van der Waals surface area contributed by atoms with Crippen LogP contribution < -0.4 is 9.80 Å². The second kappa shape index (κ2) is 6.73. The number of nitro benzene ring substituents is 1. The highest BCUT2D eigenvalue weighted by molar-refractivity contribution is 6.33. The van der Waals surface area contributed by atoms with Crippen molar-refractivity contribution in [1.82, 2.24) is 0 Å². The minimum atomic E-state index is -0.341. The fraction of sp³-hybridized carbons (Fsp3) is 0.625. The van der Waals surface area contributed by atoms with Gasteiger partial charge in [0.1, 0.15) is 10.7 Å². The van der Waals surface area contributed by atoms with Gasteiger partial charge in [0.05, 0.1) is 4.92 Å². The first-order chi connectivity index (χ1) is 10.7. The van der Waals surface area contributed by atoms with Crippen molar-refractivity contribution in [3.8, 4) is 0 Å². The van der Waals surface area contributed by atoms with E-state index in [1.807, 2.05) is 6.07 Å². The first kappa shape index (κ1) is 15.4. The van der Waals surface area contributed by atoms with E-state index in [9.17, 15) is 10.1 Å². The van der Waals surface area contributed by atoms with Crippen LogP contribution in [0.5, 0.6) is 0 Å². The van der Waals surface area contributed by atoms with E-state index in [1.54, 1.807) is 6.07 Å². The standard InChI is InChI=1S/C16H22ClN3O2/c17-14-11-13(18-7-3-1-4-8-18)12-15(16(14)20(21)22)19-9-5-2-6-10-19/h11-12H,1-10H2. The summed E-state index contributed by atoms with van der Waals surface area (Å²) in [6.07, 6.45) is 6.98. The van der Waals surface area contributed by atoms with Crippen LogP contribution in [-0.4, -0.2) is 31.1 Å². The molecule has 1 aromatic rings. The lowest BCUT2D eigenvalue weighted by atomic mass is 10.1. The fourth-order valence-electron chi connectivity index (χ4n) is 3.46. The number of nitrogens with zero attached hydrogens (tertiary/aromatic N) is 3. The zero-order valence-electron chi connectivity index (χ0n) is 12.8. The van der Waals surface area contributed by atoms with Gasteiger partial charge in [0, 0.05) is 31.9 Å². The van der Waals surface area contributed by atoms with Crippen LogP contribution in [0, 0.1) is 10.1 Å². The number of hydrogen-bond donors (Lipinski definition) is 0. The predicted molar refractivity (Wildman–Crippen MR) is 90.2 cm³/mol. The average Bonchev–Trinajstić information content (AvgIpc) is 2.55. The Morgan fingerprint density at radius 3 is 2.00 bits per heavy atom. The molecule has 0 amide bonds. The number of hydrogen-bond acceptors (Lipinski definition) is 4. The molecule has 2 aliphatic rings. The van der Waals surface area contributed by atoms with Crippen molar-refractivity contribution in [2.45, 2.75) is 38.5 Å². The molecule has 2 saturated heterocycles. The summed E-state index contributed by atoms with van der Waals surface area (Å²) in [4.78, 5) is 15.5. The van der Waals surface area contributed by atoms with E-state index in [0.29, 0.717) is 5.69 Å². The molecule has 0 aliphatic carbocycles. The van der Waals surface area contributed by atoms with Gasteiger partial charge in [-0.3, -0.25) is 10.1 Å².